The normalized spacial score (nSPS) is 33.6. The molecular weight excluding hydrogens is 108 g/mol. The van der Waals surface area contributed by atoms with Crippen LogP contribution in [0.4, 0.5) is 0 Å². The summed E-state index contributed by atoms with van der Waals surface area (Å²) in [5.74, 6) is 1.82. The van der Waals surface area contributed by atoms with E-state index in [1.807, 2.05) is 0 Å². The molecule has 0 bridgehead atoms. The Morgan fingerprint density at radius 3 is 2.78 bits per heavy atom. The van der Waals surface area contributed by atoms with E-state index < -0.39 is 0 Å². The van der Waals surface area contributed by atoms with Crippen LogP contribution in [0.1, 0.15) is 33.1 Å². The predicted molar refractivity (Wildman–Crippen MR) is 41.3 cm³/mol. The van der Waals surface area contributed by atoms with Gasteiger partial charge in [-0.25, -0.2) is 0 Å². The highest BCUT2D eigenvalue weighted by Gasteiger charge is 2.16. The van der Waals surface area contributed by atoms with Gasteiger partial charge in [0.05, 0.1) is 0 Å². The molecule has 0 fully saturated rings. The zero-order chi connectivity index (χ0) is 6.69. The number of hydrogen-bond donors (Lipinski definition) is 0. The molecule has 0 aromatic heterocycles. The van der Waals surface area contributed by atoms with Crippen molar-refractivity contribution in [3.05, 3.63) is 12.2 Å². The van der Waals surface area contributed by atoms with E-state index in [0.717, 1.165) is 11.8 Å². The number of hydrogen-bond acceptors (Lipinski definition) is 0. The Hall–Kier alpha value is -0.260. The van der Waals surface area contributed by atoms with Crippen molar-refractivity contribution in [1.29, 1.82) is 0 Å². The molecule has 0 heterocycles. The first kappa shape index (κ1) is 6.85. The van der Waals surface area contributed by atoms with E-state index in [-0.39, 0.29) is 0 Å². The first-order valence-electron chi connectivity index (χ1n) is 4.01. The maximum absolute atomic E-state index is 2.38. The summed E-state index contributed by atoms with van der Waals surface area (Å²) in [4.78, 5) is 0. The van der Waals surface area contributed by atoms with E-state index in [9.17, 15) is 0 Å². The van der Waals surface area contributed by atoms with Crippen LogP contribution in [-0.4, -0.2) is 0 Å². The van der Waals surface area contributed by atoms with Crippen molar-refractivity contribution in [2.24, 2.45) is 11.8 Å². The lowest BCUT2D eigenvalue weighted by Crippen LogP contribution is -2.02. The highest BCUT2D eigenvalue weighted by Crippen LogP contribution is 2.27. The number of rotatable bonds is 2. The molecule has 2 atom stereocenters. The molecular formula is C9H16. The highest BCUT2D eigenvalue weighted by atomic mass is 14.2. The molecule has 0 saturated carbocycles. The van der Waals surface area contributed by atoms with E-state index in [4.69, 9.17) is 0 Å². The van der Waals surface area contributed by atoms with Crippen LogP contribution >= 0.6 is 0 Å². The Balaban J connectivity index is 2.31. The molecule has 0 radical (unpaired) electrons. The average molecular weight is 124 g/mol. The van der Waals surface area contributed by atoms with Gasteiger partial charge in [0.25, 0.3) is 0 Å². The molecule has 0 aliphatic heterocycles. The van der Waals surface area contributed by atoms with Gasteiger partial charge in [-0.15, -0.1) is 0 Å². The summed E-state index contributed by atoms with van der Waals surface area (Å²) < 4.78 is 0. The van der Waals surface area contributed by atoms with Crippen molar-refractivity contribution in [3.63, 3.8) is 0 Å². The Bertz CT molecular complexity index is 103. The van der Waals surface area contributed by atoms with Gasteiger partial charge < -0.3 is 0 Å². The third-order valence-corrected chi connectivity index (χ3v) is 2.24. The van der Waals surface area contributed by atoms with Gasteiger partial charge in [-0.2, -0.15) is 0 Å². The average Bonchev–Trinajstić information content (AvgIpc) is 2.18. The Labute approximate surface area is 58.0 Å². The van der Waals surface area contributed by atoms with Gasteiger partial charge in [-0.3, -0.25) is 0 Å². The van der Waals surface area contributed by atoms with Crippen LogP contribution in [0.3, 0.4) is 0 Å². The smallest absolute Gasteiger partial charge is 0.0205 e. The molecule has 0 heteroatoms. The molecule has 0 aromatic carbocycles. The van der Waals surface area contributed by atoms with E-state index in [0.29, 0.717) is 0 Å². The quantitative estimate of drug-likeness (QED) is 0.496. The summed E-state index contributed by atoms with van der Waals surface area (Å²) in [6.07, 6.45) is 8.74. The summed E-state index contributed by atoms with van der Waals surface area (Å²) in [6, 6.07) is 0. The van der Waals surface area contributed by atoms with E-state index in [2.05, 4.69) is 26.0 Å². The Kier molecular flexibility index (Phi) is 2.32. The van der Waals surface area contributed by atoms with Gasteiger partial charge in [0.1, 0.15) is 0 Å². The van der Waals surface area contributed by atoms with Gasteiger partial charge >= 0.3 is 0 Å². The van der Waals surface area contributed by atoms with E-state index in [1.54, 1.807) is 0 Å². The second kappa shape index (κ2) is 3.05. The lowest BCUT2D eigenvalue weighted by molar-refractivity contribution is 0.430. The topological polar surface area (TPSA) is 0 Å². The summed E-state index contributed by atoms with van der Waals surface area (Å²) in [6.45, 7) is 4.61. The molecule has 0 nitrogen and oxygen atoms in total. The molecule has 0 saturated heterocycles. The molecule has 0 aromatic rings. The number of allylic oxidation sites excluding steroid dienone is 2. The lowest BCUT2D eigenvalue weighted by atomic mass is 9.94. The van der Waals surface area contributed by atoms with Crippen molar-refractivity contribution in [2.75, 3.05) is 0 Å². The first-order valence-corrected chi connectivity index (χ1v) is 4.01. The van der Waals surface area contributed by atoms with Crippen LogP contribution < -0.4 is 0 Å². The van der Waals surface area contributed by atoms with Gasteiger partial charge in [0.2, 0.25) is 0 Å². The van der Waals surface area contributed by atoms with Gasteiger partial charge in [-0.05, 0) is 24.7 Å². The van der Waals surface area contributed by atoms with Crippen LogP contribution in [0, 0.1) is 11.8 Å². The molecule has 0 spiro atoms. The minimum absolute atomic E-state index is 0.898. The van der Waals surface area contributed by atoms with Crippen LogP contribution in [-0.2, 0) is 0 Å². The maximum atomic E-state index is 2.38. The Morgan fingerprint density at radius 2 is 2.33 bits per heavy atom. The lowest BCUT2D eigenvalue weighted by Gasteiger charge is -2.11. The summed E-state index contributed by atoms with van der Waals surface area (Å²) in [5.41, 5.74) is 0. The first-order chi connectivity index (χ1) is 4.34. The second-order valence-electron chi connectivity index (χ2n) is 3.09. The molecule has 0 amide bonds. The molecule has 9 heavy (non-hydrogen) atoms. The third-order valence-electron chi connectivity index (χ3n) is 2.24. The van der Waals surface area contributed by atoms with Gasteiger partial charge in [-0.1, -0.05) is 32.4 Å². The largest absolute Gasteiger partial charge is 0.0880 e. The van der Waals surface area contributed by atoms with Crippen LogP contribution in [0.2, 0.25) is 0 Å². The van der Waals surface area contributed by atoms with Crippen molar-refractivity contribution in [3.8, 4) is 0 Å². The summed E-state index contributed by atoms with van der Waals surface area (Å²) in [7, 11) is 0. The zero-order valence-corrected chi connectivity index (χ0v) is 6.43. The van der Waals surface area contributed by atoms with Gasteiger partial charge in [0, 0.05) is 0 Å². The summed E-state index contributed by atoms with van der Waals surface area (Å²) >= 11 is 0. The van der Waals surface area contributed by atoms with Crippen molar-refractivity contribution < 1.29 is 0 Å². The standard InChI is InChI=1S/C9H16/c1-3-5-9-7-4-6-8(9)2/h4,7-9H,3,5-6H2,1-2H3/t8?,9-/m0/s1. The SMILES string of the molecule is CCC[C@H]1C=CCC1C. The molecule has 1 unspecified atom stereocenters. The van der Waals surface area contributed by atoms with Crippen molar-refractivity contribution in [1.82, 2.24) is 0 Å². The minimum Gasteiger partial charge on any atom is -0.0880 e. The van der Waals surface area contributed by atoms with E-state index >= 15 is 0 Å². The van der Waals surface area contributed by atoms with Gasteiger partial charge in [0.15, 0.2) is 0 Å². The summed E-state index contributed by atoms with van der Waals surface area (Å²) in [5, 5.41) is 0. The predicted octanol–water partition coefficient (Wildman–Crippen LogP) is 3.00. The fourth-order valence-electron chi connectivity index (χ4n) is 1.55. The molecule has 1 aliphatic rings. The minimum atomic E-state index is 0.898. The fraction of sp³-hybridized carbons (Fsp3) is 0.778. The maximum Gasteiger partial charge on any atom is -0.0205 e. The molecule has 1 aliphatic carbocycles. The molecule has 0 N–H and O–H groups in total. The van der Waals surface area contributed by atoms with Crippen molar-refractivity contribution in [2.45, 2.75) is 33.1 Å². The van der Waals surface area contributed by atoms with Crippen LogP contribution in [0.25, 0.3) is 0 Å². The monoisotopic (exact) mass is 124 g/mol. The van der Waals surface area contributed by atoms with Crippen LogP contribution in [0.5, 0.6) is 0 Å². The van der Waals surface area contributed by atoms with Crippen LogP contribution in [0.15, 0.2) is 12.2 Å². The second-order valence-corrected chi connectivity index (χ2v) is 3.09. The highest BCUT2D eigenvalue weighted by molar-refractivity contribution is 4.99. The Morgan fingerprint density at radius 1 is 1.56 bits per heavy atom. The third kappa shape index (κ3) is 1.57. The zero-order valence-electron chi connectivity index (χ0n) is 6.43. The molecule has 1 rings (SSSR count). The van der Waals surface area contributed by atoms with E-state index in [1.165, 1.54) is 19.3 Å². The fourth-order valence-corrected chi connectivity index (χ4v) is 1.55. The van der Waals surface area contributed by atoms with Crippen molar-refractivity contribution >= 4 is 0 Å². The molecule has 52 valence electrons.